The molecule has 0 saturated heterocycles. The molecule has 55 heavy (non-hydrogen) atoms. The summed E-state index contributed by atoms with van der Waals surface area (Å²) in [6.45, 7) is 0. The van der Waals surface area contributed by atoms with E-state index in [2.05, 4.69) is 148 Å². The Balaban J connectivity index is 1.16. The largest absolute Gasteiger partial charge is 0.309 e. The summed E-state index contributed by atoms with van der Waals surface area (Å²) in [7, 11) is 0. The number of rotatable bonds is 6. The standard InChI is InChI=1S/C50H35N5/c51-49(39-22-14-21-38(33-39)35-17-6-2-7-18-35)52-50(37-19-8-3-9-20-37)53-55-45-26-13-11-24-43(45)47-46(55)32-31-42-41-23-10-12-25-44(41)54(48(42)47)40-29-27-36(28-30-40)34-15-4-1-5-16-34/h1-33H,(H2,51,52,53). The van der Waals surface area contributed by atoms with Gasteiger partial charge in [-0.25, -0.2) is 4.99 Å². The molecule has 5 nitrogen and oxygen atoms in total. The Kier molecular flexibility index (Phi) is 7.89. The normalized spacial score (nSPS) is 11.8. The number of amidine groups is 2. The van der Waals surface area contributed by atoms with Gasteiger partial charge < -0.3 is 4.57 Å². The van der Waals surface area contributed by atoms with Gasteiger partial charge in [0, 0.05) is 38.4 Å². The van der Waals surface area contributed by atoms with Crippen LogP contribution in [0.1, 0.15) is 11.1 Å². The van der Waals surface area contributed by atoms with Crippen molar-refractivity contribution in [2.75, 3.05) is 5.43 Å². The lowest BCUT2D eigenvalue weighted by Crippen LogP contribution is -2.25. The Bertz CT molecular complexity index is 3050. The van der Waals surface area contributed by atoms with Crippen LogP contribution in [0.15, 0.2) is 205 Å². The molecule has 2 aromatic heterocycles. The summed E-state index contributed by atoms with van der Waals surface area (Å²) >= 11 is 0. The molecule has 0 bridgehead atoms. The lowest BCUT2D eigenvalue weighted by Gasteiger charge is -2.15. The first-order chi connectivity index (χ1) is 27.2. The SMILES string of the molecule is N=C(/N=C(\Nn1c2ccccc2c2c1ccc1c3ccccc3n(-c3ccc(-c4ccccc4)cc3)c12)c1ccccc1)c1cccc(-c2ccccc2)c1. The third-order valence-corrected chi connectivity index (χ3v) is 10.4. The molecule has 0 fully saturated rings. The molecule has 0 atom stereocenters. The van der Waals surface area contributed by atoms with Crippen LogP contribution in [-0.4, -0.2) is 20.9 Å². The number of hydrogen-bond acceptors (Lipinski definition) is 1. The maximum Gasteiger partial charge on any atom is 0.154 e. The van der Waals surface area contributed by atoms with Crippen molar-refractivity contribution in [1.29, 1.82) is 5.41 Å². The molecule has 0 saturated carbocycles. The fraction of sp³-hybridized carbons (Fsp3) is 0. The molecule has 260 valence electrons. The predicted molar refractivity (Wildman–Crippen MR) is 230 cm³/mol. The van der Waals surface area contributed by atoms with Crippen LogP contribution in [0.4, 0.5) is 0 Å². The van der Waals surface area contributed by atoms with E-state index in [1.807, 2.05) is 66.7 Å². The van der Waals surface area contributed by atoms with E-state index >= 15 is 0 Å². The minimum absolute atomic E-state index is 0.173. The highest BCUT2D eigenvalue weighted by Gasteiger charge is 2.21. The molecular formula is C50H35N5. The number of nitrogens with one attached hydrogen (secondary N) is 2. The summed E-state index contributed by atoms with van der Waals surface area (Å²) in [6.07, 6.45) is 0. The minimum atomic E-state index is 0.173. The van der Waals surface area contributed by atoms with Gasteiger partial charge in [-0.2, -0.15) is 0 Å². The monoisotopic (exact) mass is 705 g/mol. The molecule has 5 heteroatoms. The van der Waals surface area contributed by atoms with E-state index in [0.717, 1.165) is 60.8 Å². The van der Waals surface area contributed by atoms with Crippen molar-refractivity contribution < 1.29 is 0 Å². The summed E-state index contributed by atoms with van der Waals surface area (Å²) in [5.41, 5.74) is 15.3. The molecular weight excluding hydrogens is 671 g/mol. The van der Waals surface area contributed by atoms with Crippen LogP contribution in [0, 0.1) is 5.41 Å². The van der Waals surface area contributed by atoms with Gasteiger partial charge >= 0.3 is 0 Å². The number of aliphatic imine (C=N–C) groups is 1. The fourth-order valence-electron chi connectivity index (χ4n) is 7.84. The summed E-state index contributed by atoms with van der Waals surface area (Å²) in [5, 5.41) is 13.9. The second kappa shape index (κ2) is 13.5. The molecule has 0 radical (unpaired) electrons. The topological polar surface area (TPSA) is 58.1 Å². The molecule has 2 N–H and O–H groups in total. The number of benzene rings is 8. The fourth-order valence-corrected chi connectivity index (χ4v) is 7.84. The molecule has 0 unspecified atom stereocenters. The highest BCUT2D eigenvalue weighted by molar-refractivity contribution is 6.26. The quantitative estimate of drug-likeness (QED) is 0.131. The Hall–Kier alpha value is -7.50. The highest BCUT2D eigenvalue weighted by Crippen LogP contribution is 2.41. The summed E-state index contributed by atoms with van der Waals surface area (Å²) < 4.78 is 4.53. The van der Waals surface area contributed by atoms with Gasteiger partial charge in [0.05, 0.1) is 22.1 Å². The molecule has 10 rings (SSSR count). The van der Waals surface area contributed by atoms with Gasteiger partial charge in [-0.05, 0) is 58.7 Å². The smallest absolute Gasteiger partial charge is 0.154 e. The molecule has 0 amide bonds. The molecule has 8 aromatic carbocycles. The van der Waals surface area contributed by atoms with Crippen LogP contribution in [0.25, 0.3) is 71.6 Å². The van der Waals surface area contributed by atoms with Crippen LogP contribution in [-0.2, 0) is 0 Å². The maximum absolute atomic E-state index is 9.25. The Morgan fingerprint density at radius 2 is 1.00 bits per heavy atom. The number of para-hydroxylation sites is 2. The molecule has 0 aliphatic carbocycles. The zero-order valence-electron chi connectivity index (χ0n) is 29.9. The summed E-state index contributed by atoms with van der Waals surface area (Å²) in [4.78, 5) is 5.00. The molecule has 10 aromatic rings. The van der Waals surface area contributed by atoms with Gasteiger partial charge in [0.1, 0.15) is 0 Å². The van der Waals surface area contributed by atoms with Crippen molar-refractivity contribution in [3.8, 4) is 27.9 Å². The van der Waals surface area contributed by atoms with Gasteiger partial charge in [0.15, 0.2) is 11.7 Å². The van der Waals surface area contributed by atoms with Crippen LogP contribution >= 0.6 is 0 Å². The number of aromatic nitrogens is 2. The highest BCUT2D eigenvalue weighted by atomic mass is 15.4. The first kappa shape index (κ1) is 32.2. The van der Waals surface area contributed by atoms with Crippen molar-refractivity contribution in [3.05, 3.63) is 211 Å². The van der Waals surface area contributed by atoms with Gasteiger partial charge in [0.2, 0.25) is 0 Å². The number of fused-ring (bicyclic) bond motifs is 7. The summed E-state index contributed by atoms with van der Waals surface area (Å²) in [6, 6.07) is 69.4. The molecule has 0 spiro atoms. The van der Waals surface area contributed by atoms with E-state index in [9.17, 15) is 5.41 Å². The van der Waals surface area contributed by atoms with Gasteiger partial charge in [-0.15, -0.1) is 0 Å². The lowest BCUT2D eigenvalue weighted by molar-refractivity contribution is 1.08. The van der Waals surface area contributed by atoms with E-state index in [1.54, 1.807) is 0 Å². The number of nitrogens with zero attached hydrogens (tertiary/aromatic N) is 3. The third-order valence-electron chi connectivity index (χ3n) is 10.4. The summed E-state index contributed by atoms with van der Waals surface area (Å²) in [5.74, 6) is 0.752. The van der Waals surface area contributed by atoms with Crippen molar-refractivity contribution in [2.24, 2.45) is 4.99 Å². The third kappa shape index (κ3) is 5.66. The van der Waals surface area contributed by atoms with Crippen molar-refractivity contribution in [1.82, 2.24) is 9.24 Å². The van der Waals surface area contributed by atoms with E-state index in [0.29, 0.717) is 5.84 Å². The van der Waals surface area contributed by atoms with E-state index < -0.39 is 0 Å². The lowest BCUT2D eigenvalue weighted by atomic mass is 10.0. The molecule has 0 aliphatic rings. The van der Waals surface area contributed by atoms with Gasteiger partial charge in [0.25, 0.3) is 0 Å². The van der Waals surface area contributed by atoms with Crippen molar-refractivity contribution >= 4 is 55.3 Å². The zero-order chi connectivity index (χ0) is 36.7. The average Bonchev–Trinajstić information content (AvgIpc) is 3.77. The Morgan fingerprint density at radius 3 is 1.73 bits per heavy atom. The predicted octanol–water partition coefficient (Wildman–Crippen LogP) is 12.2. The second-order valence-electron chi connectivity index (χ2n) is 13.7. The average molecular weight is 706 g/mol. The second-order valence-corrected chi connectivity index (χ2v) is 13.7. The van der Waals surface area contributed by atoms with E-state index in [1.165, 1.54) is 21.9 Å². The minimum Gasteiger partial charge on any atom is -0.309 e. The van der Waals surface area contributed by atoms with Gasteiger partial charge in [-0.1, -0.05) is 164 Å². The number of hydrogen-bond donors (Lipinski definition) is 2. The zero-order valence-corrected chi connectivity index (χ0v) is 29.9. The Labute approximate surface area is 318 Å². The Morgan fingerprint density at radius 1 is 0.436 bits per heavy atom. The van der Waals surface area contributed by atoms with Crippen LogP contribution in [0.2, 0.25) is 0 Å². The van der Waals surface area contributed by atoms with Crippen molar-refractivity contribution in [3.63, 3.8) is 0 Å². The van der Waals surface area contributed by atoms with E-state index in [4.69, 9.17) is 4.99 Å². The van der Waals surface area contributed by atoms with Crippen molar-refractivity contribution in [2.45, 2.75) is 0 Å². The van der Waals surface area contributed by atoms with Crippen LogP contribution in [0.5, 0.6) is 0 Å². The first-order valence-corrected chi connectivity index (χ1v) is 18.5. The van der Waals surface area contributed by atoms with E-state index in [-0.39, 0.29) is 5.84 Å². The molecule has 2 heterocycles. The first-order valence-electron chi connectivity index (χ1n) is 18.5. The van der Waals surface area contributed by atoms with Crippen LogP contribution < -0.4 is 5.43 Å². The van der Waals surface area contributed by atoms with Gasteiger partial charge in [-0.3, -0.25) is 15.5 Å². The molecule has 0 aliphatic heterocycles. The maximum atomic E-state index is 9.25. The van der Waals surface area contributed by atoms with Crippen LogP contribution in [0.3, 0.4) is 0 Å².